The van der Waals surface area contributed by atoms with E-state index in [1.165, 1.54) is 0 Å². The predicted octanol–water partition coefficient (Wildman–Crippen LogP) is 1.51. The minimum Gasteiger partial charge on any atom is -0.481 e. The normalized spacial score (nSPS) is 22.2. The van der Waals surface area contributed by atoms with E-state index in [4.69, 9.17) is 5.11 Å². The summed E-state index contributed by atoms with van der Waals surface area (Å²) < 4.78 is 0. The van der Waals surface area contributed by atoms with E-state index in [1.54, 1.807) is 0 Å². The Bertz CT molecular complexity index is 372. The molecule has 0 radical (unpaired) electrons. The van der Waals surface area contributed by atoms with E-state index in [2.05, 4.69) is 17.1 Å². The maximum absolute atomic E-state index is 12.4. The quantitative estimate of drug-likeness (QED) is 0.807. The van der Waals surface area contributed by atoms with Gasteiger partial charge in [-0.15, -0.1) is 0 Å². The van der Waals surface area contributed by atoms with E-state index >= 15 is 0 Å². The number of nitrogens with one attached hydrogen (secondary N) is 1. The Morgan fingerprint density at radius 1 is 1.14 bits per heavy atom. The van der Waals surface area contributed by atoms with Gasteiger partial charge >= 0.3 is 12.0 Å². The lowest BCUT2D eigenvalue weighted by molar-refractivity contribution is -0.138. The molecule has 2 rings (SSSR count). The first kappa shape index (κ1) is 16.1. The zero-order valence-electron chi connectivity index (χ0n) is 12.9. The molecule has 0 unspecified atom stereocenters. The van der Waals surface area contributed by atoms with Crippen molar-refractivity contribution in [3.8, 4) is 0 Å². The van der Waals surface area contributed by atoms with Crippen molar-refractivity contribution in [3.05, 3.63) is 0 Å². The van der Waals surface area contributed by atoms with Crippen molar-refractivity contribution < 1.29 is 14.7 Å². The molecule has 6 nitrogen and oxygen atoms in total. The molecule has 2 amide bonds. The molecule has 0 atom stereocenters. The number of carboxylic acids is 1. The molecule has 1 aliphatic carbocycles. The Morgan fingerprint density at radius 3 is 2.29 bits per heavy atom. The van der Waals surface area contributed by atoms with Gasteiger partial charge in [0.15, 0.2) is 0 Å². The largest absolute Gasteiger partial charge is 0.481 e. The van der Waals surface area contributed by atoms with Gasteiger partial charge in [-0.3, -0.25) is 9.69 Å². The molecular formula is C15H27N3O3. The Hall–Kier alpha value is -1.30. The molecule has 2 fully saturated rings. The molecule has 1 heterocycles. The predicted molar refractivity (Wildman–Crippen MR) is 80.3 cm³/mol. The maximum atomic E-state index is 12.4. The van der Waals surface area contributed by atoms with Crippen LogP contribution in [0.25, 0.3) is 0 Å². The van der Waals surface area contributed by atoms with E-state index in [9.17, 15) is 9.59 Å². The van der Waals surface area contributed by atoms with Crippen molar-refractivity contribution in [2.45, 2.75) is 51.0 Å². The molecule has 2 aliphatic rings. The van der Waals surface area contributed by atoms with Crippen molar-refractivity contribution >= 4 is 12.0 Å². The Morgan fingerprint density at radius 2 is 1.76 bits per heavy atom. The smallest absolute Gasteiger partial charge is 0.317 e. The Balaban J connectivity index is 1.87. The summed E-state index contributed by atoms with van der Waals surface area (Å²) >= 11 is 0. The summed E-state index contributed by atoms with van der Waals surface area (Å²) in [5, 5.41) is 12.1. The summed E-state index contributed by atoms with van der Waals surface area (Å²) in [6.07, 6.45) is 4.72. The van der Waals surface area contributed by atoms with Gasteiger partial charge in [-0.1, -0.05) is 19.8 Å². The number of carbonyl (C=O) groups excluding carboxylic acids is 1. The highest BCUT2D eigenvalue weighted by molar-refractivity contribution is 5.77. The number of urea groups is 1. The number of nitrogens with zero attached hydrogens (tertiary/aromatic N) is 2. The minimum atomic E-state index is -0.829. The van der Waals surface area contributed by atoms with Gasteiger partial charge in [-0.25, -0.2) is 4.79 Å². The average Bonchev–Trinajstić information content (AvgIpc) is 2.87. The molecule has 21 heavy (non-hydrogen) atoms. The van der Waals surface area contributed by atoms with Crippen molar-refractivity contribution in [2.24, 2.45) is 0 Å². The molecule has 0 spiro atoms. The first-order valence-electron chi connectivity index (χ1n) is 8.06. The third-order valence-electron chi connectivity index (χ3n) is 4.62. The van der Waals surface area contributed by atoms with E-state index in [0.29, 0.717) is 0 Å². The maximum Gasteiger partial charge on any atom is 0.317 e. The topological polar surface area (TPSA) is 72.9 Å². The third-order valence-corrected chi connectivity index (χ3v) is 4.62. The van der Waals surface area contributed by atoms with Crippen LogP contribution in [0.4, 0.5) is 4.79 Å². The minimum absolute atomic E-state index is 0.0362. The second kappa shape index (κ2) is 7.11. The highest BCUT2D eigenvalue weighted by Crippen LogP contribution is 2.32. The van der Waals surface area contributed by atoms with E-state index < -0.39 is 11.5 Å². The van der Waals surface area contributed by atoms with Gasteiger partial charge in [0, 0.05) is 26.2 Å². The van der Waals surface area contributed by atoms with E-state index in [0.717, 1.165) is 64.8 Å². The number of aliphatic carboxylic acids is 1. The van der Waals surface area contributed by atoms with Gasteiger partial charge < -0.3 is 15.3 Å². The zero-order valence-corrected chi connectivity index (χ0v) is 12.9. The number of hydrogen-bond donors (Lipinski definition) is 2. The van der Waals surface area contributed by atoms with Gasteiger partial charge in [-0.2, -0.15) is 0 Å². The lowest BCUT2D eigenvalue weighted by Gasteiger charge is -2.37. The summed E-state index contributed by atoms with van der Waals surface area (Å²) in [7, 11) is 0. The molecule has 0 bridgehead atoms. The van der Waals surface area contributed by atoms with Crippen molar-refractivity contribution in [1.82, 2.24) is 15.1 Å². The first-order valence-corrected chi connectivity index (χ1v) is 8.06. The van der Waals surface area contributed by atoms with Crippen LogP contribution in [0.2, 0.25) is 0 Å². The van der Waals surface area contributed by atoms with E-state index in [-0.39, 0.29) is 12.5 Å². The fourth-order valence-electron chi connectivity index (χ4n) is 3.48. The number of amides is 2. The summed E-state index contributed by atoms with van der Waals surface area (Å²) in [5.74, 6) is -0.829. The highest BCUT2D eigenvalue weighted by Gasteiger charge is 2.38. The Labute approximate surface area is 126 Å². The van der Waals surface area contributed by atoms with Gasteiger partial charge in [0.05, 0.1) is 12.0 Å². The van der Waals surface area contributed by atoms with Crippen LogP contribution in [-0.4, -0.2) is 65.2 Å². The van der Waals surface area contributed by atoms with Crippen LogP contribution in [0.3, 0.4) is 0 Å². The summed E-state index contributed by atoms with van der Waals surface area (Å²) in [6, 6.07) is -0.0886. The monoisotopic (exact) mass is 297 g/mol. The SMILES string of the molecule is CCCN1CCN(C(=O)NC2(CC(=O)O)CCCC2)CC1. The number of rotatable bonds is 5. The van der Waals surface area contributed by atoms with Crippen LogP contribution >= 0.6 is 0 Å². The number of carbonyl (C=O) groups is 2. The van der Waals surface area contributed by atoms with Gasteiger partial charge in [0.1, 0.15) is 0 Å². The molecule has 1 aliphatic heterocycles. The summed E-state index contributed by atoms with van der Waals surface area (Å²) in [6.45, 7) is 6.53. The second-order valence-electron chi connectivity index (χ2n) is 6.32. The van der Waals surface area contributed by atoms with Crippen molar-refractivity contribution in [3.63, 3.8) is 0 Å². The van der Waals surface area contributed by atoms with Crippen LogP contribution in [0.1, 0.15) is 45.4 Å². The lowest BCUT2D eigenvalue weighted by atomic mass is 9.93. The summed E-state index contributed by atoms with van der Waals surface area (Å²) in [5.41, 5.74) is -0.524. The van der Waals surface area contributed by atoms with Crippen LogP contribution < -0.4 is 5.32 Å². The van der Waals surface area contributed by atoms with E-state index in [1.807, 2.05) is 4.90 Å². The number of piperazine rings is 1. The van der Waals surface area contributed by atoms with Crippen molar-refractivity contribution in [1.29, 1.82) is 0 Å². The molecule has 120 valence electrons. The fraction of sp³-hybridized carbons (Fsp3) is 0.867. The lowest BCUT2D eigenvalue weighted by Crippen LogP contribution is -2.57. The molecule has 0 aromatic heterocycles. The average molecular weight is 297 g/mol. The van der Waals surface area contributed by atoms with Crippen LogP contribution in [0.5, 0.6) is 0 Å². The highest BCUT2D eigenvalue weighted by atomic mass is 16.4. The number of carboxylic acid groups (broad SMARTS) is 1. The van der Waals surface area contributed by atoms with Crippen molar-refractivity contribution in [2.75, 3.05) is 32.7 Å². The molecular weight excluding hydrogens is 270 g/mol. The van der Waals surface area contributed by atoms with Crippen LogP contribution in [0, 0.1) is 0 Å². The van der Waals surface area contributed by atoms with Gasteiger partial charge in [-0.05, 0) is 25.8 Å². The van der Waals surface area contributed by atoms with Crippen LogP contribution in [-0.2, 0) is 4.79 Å². The second-order valence-corrected chi connectivity index (χ2v) is 6.32. The third kappa shape index (κ3) is 4.33. The molecule has 6 heteroatoms. The summed E-state index contributed by atoms with van der Waals surface area (Å²) in [4.78, 5) is 27.7. The fourth-order valence-corrected chi connectivity index (χ4v) is 3.48. The van der Waals surface area contributed by atoms with Gasteiger partial charge in [0.25, 0.3) is 0 Å². The standard InChI is InChI=1S/C15H27N3O3/c1-2-7-17-8-10-18(11-9-17)14(21)16-15(12-13(19)20)5-3-4-6-15/h2-12H2,1H3,(H,16,21)(H,19,20). The molecule has 0 aromatic rings. The molecule has 1 saturated carbocycles. The molecule has 0 aromatic carbocycles. The van der Waals surface area contributed by atoms with Gasteiger partial charge in [0.2, 0.25) is 0 Å². The number of hydrogen-bond acceptors (Lipinski definition) is 3. The zero-order chi connectivity index (χ0) is 15.3. The molecule has 2 N–H and O–H groups in total. The molecule has 1 saturated heterocycles. The Kier molecular flexibility index (Phi) is 5.45. The van der Waals surface area contributed by atoms with Crippen LogP contribution in [0.15, 0.2) is 0 Å². The first-order chi connectivity index (χ1) is 10.0.